The van der Waals surface area contributed by atoms with E-state index in [4.69, 9.17) is 9.72 Å². The molecule has 2 aliphatic heterocycles. The average Bonchev–Trinajstić information content (AvgIpc) is 3.36. The number of aromatic nitrogens is 5. The Balaban J connectivity index is 1.34. The first-order valence-corrected chi connectivity index (χ1v) is 9.50. The smallest absolute Gasteiger partial charge is 0.245 e. The van der Waals surface area contributed by atoms with Crippen LogP contribution in [0.25, 0.3) is 16.8 Å². The van der Waals surface area contributed by atoms with E-state index in [-0.39, 0.29) is 5.91 Å². The van der Waals surface area contributed by atoms with E-state index in [1.165, 1.54) is 12.5 Å². The molecule has 0 N–H and O–H groups in total. The SMILES string of the molecule is C=CC(=O)N1C[C@H]2C[C@@H](C1)C2COc1nc(-c2cnn(C)c2)cn2nccc12. The van der Waals surface area contributed by atoms with Crippen molar-refractivity contribution in [2.24, 2.45) is 24.8 Å². The zero-order valence-corrected chi connectivity index (χ0v) is 15.7. The number of carbonyl (C=O) groups is 1. The molecule has 2 bridgehead atoms. The van der Waals surface area contributed by atoms with Crippen LogP contribution < -0.4 is 4.74 Å². The van der Waals surface area contributed by atoms with E-state index in [1.807, 2.05) is 30.4 Å². The van der Waals surface area contributed by atoms with Gasteiger partial charge in [-0.3, -0.25) is 9.48 Å². The number of piperidine rings is 2. The maximum absolute atomic E-state index is 11.9. The van der Waals surface area contributed by atoms with Gasteiger partial charge in [0, 0.05) is 37.8 Å². The molecule has 1 aliphatic carbocycles. The van der Waals surface area contributed by atoms with Gasteiger partial charge < -0.3 is 9.64 Å². The van der Waals surface area contributed by atoms with Crippen molar-refractivity contribution in [1.29, 1.82) is 0 Å². The van der Waals surface area contributed by atoms with Crippen molar-refractivity contribution in [2.75, 3.05) is 19.7 Å². The van der Waals surface area contributed by atoms with E-state index in [0.29, 0.717) is 30.2 Å². The molecule has 144 valence electrons. The second kappa shape index (κ2) is 6.47. The van der Waals surface area contributed by atoms with Crippen LogP contribution >= 0.6 is 0 Å². The Labute approximate surface area is 162 Å². The summed E-state index contributed by atoms with van der Waals surface area (Å²) in [7, 11) is 1.88. The number of nitrogens with zero attached hydrogens (tertiary/aromatic N) is 6. The number of aryl methyl sites for hydroxylation is 1. The minimum absolute atomic E-state index is 0.0286. The first-order chi connectivity index (χ1) is 13.6. The Bertz CT molecular complexity index is 1040. The standard InChI is InChI=1S/C20H22N6O2/c1-3-19(27)25-9-13-6-14(10-25)16(13)12-28-20-18-4-5-21-26(18)11-17(23-20)15-7-22-24(2)8-15/h3-5,7-8,11,13-14,16H,1,6,9-10,12H2,2H3/t13-,14+,16?. The summed E-state index contributed by atoms with van der Waals surface area (Å²) in [5.41, 5.74) is 2.54. The number of amides is 1. The number of ether oxygens (including phenoxy) is 1. The summed E-state index contributed by atoms with van der Waals surface area (Å²) in [6.45, 7) is 5.78. The summed E-state index contributed by atoms with van der Waals surface area (Å²) in [4.78, 5) is 18.5. The second-order valence-electron chi connectivity index (χ2n) is 7.67. The van der Waals surface area contributed by atoms with E-state index >= 15 is 0 Å². The quantitative estimate of drug-likeness (QED) is 0.633. The highest BCUT2D eigenvalue weighted by molar-refractivity contribution is 5.87. The van der Waals surface area contributed by atoms with Crippen molar-refractivity contribution in [1.82, 2.24) is 29.3 Å². The fraction of sp³-hybridized carbons (Fsp3) is 0.400. The summed E-state index contributed by atoms with van der Waals surface area (Å²) in [5.74, 6) is 2.06. The van der Waals surface area contributed by atoms with Crippen molar-refractivity contribution in [3.05, 3.63) is 43.5 Å². The molecule has 5 heterocycles. The molecule has 3 aromatic rings. The summed E-state index contributed by atoms with van der Waals surface area (Å²) >= 11 is 0. The lowest BCUT2D eigenvalue weighted by atomic mass is 9.62. The maximum atomic E-state index is 11.9. The highest BCUT2D eigenvalue weighted by Gasteiger charge is 2.47. The summed E-state index contributed by atoms with van der Waals surface area (Å²) in [6, 6.07) is 1.90. The van der Waals surface area contributed by atoms with E-state index in [2.05, 4.69) is 16.8 Å². The van der Waals surface area contributed by atoms with Gasteiger partial charge in [-0.25, -0.2) is 9.50 Å². The van der Waals surface area contributed by atoms with Crippen LogP contribution in [0.5, 0.6) is 5.88 Å². The summed E-state index contributed by atoms with van der Waals surface area (Å²) in [5, 5.41) is 8.57. The molecule has 8 heteroatoms. The number of rotatable bonds is 5. The van der Waals surface area contributed by atoms with Crippen LogP contribution in [0, 0.1) is 17.8 Å². The van der Waals surface area contributed by atoms with Gasteiger partial charge in [-0.1, -0.05) is 6.58 Å². The van der Waals surface area contributed by atoms with Crippen molar-refractivity contribution in [3.63, 3.8) is 0 Å². The maximum Gasteiger partial charge on any atom is 0.245 e. The predicted molar refractivity (Wildman–Crippen MR) is 103 cm³/mol. The molecule has 1 unspecified atom stereocenters. The fourth-order valence-corrected chi connectivity index (χ4v) is 4.44. The molecule has 0 aromatic carbocycles. The molecule has 3 aromatic heterocycles. The van der Waals surface area contributed by atoms with Crippen LogP contribution in [0.15, 0.2) is 43.5 Å². The van der Waals surface area contributed by atoms with Crippen molar-refractivity contribution < 1.29 is 9.53 Å². The molecular weight excluding hydrogens is 356 g/mol. The van der Waals surface area contributed by atoms with Gasteiger partial charge in [0.1, 0.15) is 5.52 Å². The van der Waals surface area contributed by atoms with Crippen LogP contribution in [0.1, 0.15) is 6.42 Å². The fourth-order valence-electron chi connectivity index (χ4n) is 4.44. The van der Waals surface area contributed by atoms with Crippen molar-refractivity contribution in [3.8, 4) is 17.1 Å². The molecule has 1 amide bonds. The Hall–Kier alpha value is -3.16. The Kier molecular flexibility index (Phi) is 3.92. The molecule has 6 rings (SSSR count). The van der Waals surface area contributed by atoms with E-state index in [0.717, 1.165) is 29.9 Å². The van der Waals surface area contributed by atoms with E-state index in [9.17, 15) is 4.79 Å². The first-order valence-electron chi connectivity index (χ1n) is 9.50. The van der Waals surface area contributed by atoms with Gasteiger partial charge in [0.25, 0.3) is 0 Å². The molecule has 1 saturated carbocycles. The molecular formula is C20H22N6O2. The van der Waals surface area contributed by atoms with Gasteiger partial charge in [-0.05, 0) is 30.4 Å². The second-order valence-corrected chi connectivity index (χ2v) is 7.67. The van der Waals surface area contributed by atoms with E-state index < -0.39 is 0 Å². The van der Waals surface area contributed by atoms with Gasteiger partial charge in [0.05, 0.1) is 30.9 Å². The van der Waals surface area contributed by atoms with Gasteiger partial charge in [-0.15, -0.1) is 0 Å². The number of hydrogen-bond acceptors (Lipinski definition) is 5. The predicted octanol–water partition coefficient (Wildman–Crippen LogP) is 1.79. The van der Waals surface area contributed by atoms with Crippen molar-refractivity contribution in [2.45, 2.75) is 6.42 Å². The number of carbonyl (C=O) groups excluding carboxylic acids is 1. The molecule has 3 atom stereocenters. The zero-order valence-electron chi connectivity index (χ0n) is 15.7. The van der Waals surface area contributed by atoms with Crippen LogP contribution in [0.4, 0.5) is 0 Å². The number of hydrogen-bond donors (Lipinski definition) is 0. The lowest BCUT2D eigenvalue weighted by Crippen LogP contribution is -2.57. The minimum atomic E-state index is 0.0286. The molecule has 0 spiro atoms. The summed E-state index contributed by atoms with van der Waals surface area (Å²) < 4.78 is 9.72. The van der Waals surface area contributed by atoms with Gasteiger partial charge in [-0.2, -0.15) is 10.2 Å². The van der Waals surface area contributed by atoms with Crippen LogP contribution in [0.3, 0.4) is 0 Å². The topological polar surface area (TPSA) is 77.6 Å². The van der Waals surface area contributed by atoms with Gasteiger partial charge >= 0.3 is 0 Å². The van der Waals surface area contributed by atoms with Gasteiger partial charge in [0.2, 0.25) is 11.8 Å². The first kappa shape index (κ1) is 17.0. The summed E-state index contributed by atoms with van der Waals surface area (Å²) in [6.07, 6.45) is 9.90. The molecule has 3 fully saturated rings. The zero-order chi connectivity index (χ0) is 19.3. The molecule has 8 nitrogen and oxygen atoms in total. The molecule has 3 aliphatic rings. The molecule has 28 heavy (non-hydrogen) atoms. The third kappa shape index (κ3) is 2.76. The Morgan fingerprint density at radius 2 is 2.14 bits per heavy atom. The number of fused-ring (bicyclic) bond motifs is 3. The average molecular weight is 378 g/mol. The van der Waals surface area contributed by atoms with Crippen LogP contribution in [-0.2, 0) is 11.8 Å². The lowest BCUT2D eigenvalue weighted by molar-refractivity contribution is -0.138. The normalized spacial score (nSPS) is 23.5. The highest BCUT2D eigenvalue weighted by Crippen LogP contribution is 2.45. The third-order valence-electron chi connectivity index (χ3n) is 5.98. The minimum Gasteiger partial charge on any atom is -0.476 e. The molecule has 0 radical (unpaired) electrons. The van der Waals surface area contributed by atoms with Crippen molar-refractivity contribution >= 4 is 11.4 Å². The lowest BCUT2D eigenvalue weighted by Gasteiger charge is -2.53. The van der Waals surface area contributed by atoms with Crippen LogP contribution in [0.2, 0.25) is 0 Å². The largest absolute Gasteiger partial charge is 0.476 e. The van der Waals surface area contributed by atoms with E-state index in [1.54, 1.807) is 21.6 Å². The highest BCUT2D eigenvalue weighted by atomic mass is 16.5. The monoisotopic (exact) mass is 378 g/mol. The van der Waals surface area contributed by atoms with Crippen LogP contribution in [-0.4, -0.2) is 54.9 Å². The third-order valence-corrected chi connectivity index (χ3v) is 5.98. The Morgan fingerprint density at radius 1 is 1.32 bits per heavy atom. The molecule has 2 saturated heterocycles. The Morgan fingerprint density at radius 3 is 2.86 bits per heavy atom. The van der Waals surface area contributed by atoms with Gasteiger partial charge in [0.15, 0.2) is 0 Å².